The first-order chi connectivity index (χ1) is 9.63. The highest BCUT2D eigenvalue weighted by Gasteiger charge is 2.30. The van der Waals surface area contributed by atoms with Gasteiger partial charge in [0, 0.05) is 24.3 Å². The van der Waals surface area contributed by atoms with Crippen molar-refractivity contribution in [2.75, 3.05) is 19.7 Å². The molecule has 106 valence electrons. The number of benzene rings is 1. The van der Waals surface area contributed by atoms with Crippen LogP contribution < -0.4 is 11.1 Å². The van der Waals surface area contributed by atoms with E-state index < -0.39 is 0 Å². The van der Waals surface area contributed by atoms with Crippen molar-refractivity contribution < 1.29 is 9.53 Å². The van der Waals surface area contributed by atoms with Crippen LogP contribution in [0.5, 0.6) is 0 Å². The Morgan fingerprint density at radius 3 is 3.10 bits per heavy atom. The average Bonchev–Trinajstić information content (AvgIpc) is 2.90. The highest BCUT2D eigenvalue weighted by atomic mass is 16.5. The molecule has 3 N–H and O–H groups in total. The van der Waals surface area contributed by atoms with Crippen LogP contribution in [0.15, 0.2) is 24.3 Å². The summed E-state index contributed by atoms with van der Waals surface area (Å²) in [6.07, 6.45) is 2.03. The van der Waals surface area contributed by atoms with Gasteiger partial charge in [0.2, 0.25) is 0 Å². The Balaban J connectivity index is 1.98. The van der Waals surface area contributed by atoms with Crippen molar-refractivity contribution in [3.8, 4) is 11.8 Å². The zero-order valence-electron chi connectivity index (χ0n) is 11.7. The number of rotatable bonds is 3. The van der Waals surface area contributed by atoms with Crippen molar-refractivity contribution in [3.63, 3.8) is 0 Å². The average molecular weight is 272 g/mol. The van der Waals surface area contributed by atoms with Crippen molar-refractivity contribution >= 4 is 5.91 Å². The van der Waals surface area contributed by atoms with Gasteiger partial charge in [0.1, 0.15) is 0 Å². The Morgan fingerprint density at radius 2 is 2.40 bits per heavy atom. The number of nitrogens with two attached hydrogens (primary N) is 1. The Morgan fingerprint density at radius 1 is 1.55 bits per heavy atom. The first-order valence-electron chi connectivity index (χ1n) is 6.84. The maximum Gasteiger partial charge on any atom is 0.251 e. The fourth-order valence-corrected chi connectivity index (χ4v) is 2.24. The van der Waals surface area contributed by atoms with E-state index in [1.54, 1.807) is 12.1 Å². The third-order valence-electron chi connectivity index (χ3n) is 3.38. The minimum atomic E-state index is -0.230. The molecule has 0 saturated carbocycles. The fraction of sp³-hybridized carbons (Fsp3) is 0.438. The van der Waals surface area contributed by atoms with E-state index in [4.69, 9.17) is 10.5 Å². The SMILES string of the molecule is CC1(CNC(=O)c2cccc(C#CCN)c2)CCCO1. The molecule has 4 heteroatoms. The molecule has 1 fully saturated rings. The summed E-state index contributed by atoms with van der Waals surface area (Å²) < 4.78 is 5.65. The molecule has 1 atom stereocenters. The van der Waals surface area contributed by atoms with Gasteiger partial charge in [-0.1, -0.05) is 17.9 Å². The molecule has 1 heterocycles. The maximum absolute atomic E-state index is 12.1. The predicted molar refractivity (Wildman–Crippen MR) is 78.3 cm³/mol. The Bertz CT molecular complexity index is 537. The van der Waals surface area contributed by atoms with Crippen LogP contribution in [-0.4, -0.2) is 31.2 Å². The van der Waals surface area contributed by atoms with Crippen molar-refractivity contribution in [3.05, 3.63) is 35.4 Å². The lowest BCUT2D eigenvalue weighted by molar-refractivity contribution is 0.0206. The first kappa shape index (κ1) is 14.6. The molecule has 1 unspecified atom stereocenters. The summed E-state index contributed by atoms with van der Waals surface area (Å²) >= 11 is 0. The molecule has 0 radical (unpaired) electrons. The van der Waals surface area contributed by atoms with Gasteiger partial charge in [-0.2, -0.15) is 0 Å². The Hall–Kier alpha value is -1.83. The number of nitrogens with one attached hydrogen (secondary N) is 1. The monoisotopic (exact) mass is 272 g/mol. The summed E-state index contributed by atoms with van der Waals surface area (Å²) in [4.78, 5) is 12.1. The smallest absolute Gasteiger partial charge is 0.251 e. The minimum Gasteiger partial charge on any atom is -0.373 e. The number of hydrogen-bond donors (Lipinski definition) is 2. The van der Waals surface area contributed by atoms with Crippen LogP contribution in [0.25, 0.3) is 0 Å². The lowest BCUT2D eigenvalue weighted by Crippen LogP contribution is -2.40. The summed E-state index contributed by atoms with van der Waals surface area (Å²) in [5, 5.41) is 2.93. The van der Waals surface area contributed by atoms with E-state index >= 15 is 0 Å². The standard InChI is InChI=1S/C16H20N2O2/c1-16(8-4-10-20-16)12-18-15(19)14-7-2-5-13(11-14)6-3-9-17/h2,5,7,11H,4,8-10,12,17H2,1H3,(H,18,19). The number of carbonyl (C=O) groups is 1. The minimum absolute atomic E-state index is 0.0990. The Kier molecular flexibility index (Phi) is 4.78. The normalized spacial score (nSPS) is 21.1. The molecule has 4 nitrogen and oxygen atoms in total. The highest BCUT2D eigenvalue weighted by molar-refractivity contribution is 5.94. The van der Waals surface area contributed by atoms with Crippen LogP contribution in [0.3, 0.4) is 0 Å². The van der Waals surface area contributed by atoms with Gasteiger partial charge >= 0.3 is 0 Å². The molecule has 2 rings (SSSR count). The largest absolute Gasteiger partial charge is 0.373 e. The van der Waals surface area contributed by atoms with Gasteiger partial charge in [-0.3, -0.25) is 4.79 Å². The number of amides is 1. The van der Waals surface area contributed by atoms with E-state index in [9.17, 15) is 4.79 Å². The third-order valence-corrected chi connectivity index (χ3v) is 3.38. The van der Waals surface area contributed by atoms with Gasteiger partial charge < -0.3 is 15.8 Å². The molecule has 1 aromatic rings. The van der Waals surface area contributed by atoms with Crippen LogP contribution in [0.2, 0.25) is 0 Å². The van der Waals surface area contributed by atoms with Crippen molar-refractivity contribution in [2.24, 2.45) is 5.73 Å². The molecular formula is C16H20N2O2. The van der Waals surface area contributed by atoms with Gasteiger partial charge in [0.05, 0.1) is 12.1 Å². The van der Waals surface area contributed by atoms with Gasteiger partial charge in [-0.05, 0) is 38.0 Å². The highest BCUT2D eigenvalue weighted by Crippen LogP contribution is 2.23. The second-order valence-corrected chi connectivity index (χ2v) is 5.17. The first-order valence-corrected chi connectivity index (χ1v) is 6.84. The Labute approximate surface area is 119 Å². The van der Waals surface area contributed by atoms with E-state index in [0.29, 0.717) is 18.7 Å². The molecule has 1 aliphatic heterocycles. The van der Waals surface area contributed by atoms with E-state index in [1.165, 1.54) is 0 Å². The predicted octanol–water partition coefficient (Wildman–Crippen LogP) is 1.30. The molecule has 0 bridgehead atoms. The summed E-state index contributed by atoms with van der Waals surface area (Å²) in [6, 6.07) is 7.24. The molecule has 1 aromatic carbocycles. The van der Waals surface area contributed by atoms with E-state index in [1.807, 2.05) is 19.1 Å². The third kappa shape index (κ3) is 3.83. The van der Waals surface area contributed by atoms with Gasteiger partial charge in [0.25, 0.3) is 5.91 Å². The van der Waals surface area contributed by atoms with Gasteiger partial charge in [-0.25, -0.2) is 0 Å². The van der Waals surface area contributed by atoms with Gasteiger partial charge in [0.15, 0.2) is 0 Å². The lowest BCUT2D eigenvalue weighted by atomic mass is 10.0. The molecule has 1 aliphatic rings. The molecule has 0 spiro atoms. The quantitative estimate of drug-likeness (QED) is 0.815. The molecule has 1 saturated heterocycles. The van der Waals surface area contributed by atoms with Crippen molar-refractivity contribution in [2.45, 2.75) is 25.4 Å². The fourth-order valence-electron chi connectivity index (χ4n) is 2.24. The maximum atomic E-state index is 12.1. The van der Waals surface area contributed by atoms with E-state index in [-0.39, 0.29) is 11.5 Å². The summed E-state index contributed by atoms with van der Waals surface area (Å²) in [5.74, 6) is 5.61. The van der Waals surface area contributed by atoms with Crippen LogP contribution in [0.1, 0.15) is 35.7 Å². The number of hydrogen-bond acceptors (Lipinski definition) is 3. The van der Waals surface area contributed by atoms with Crippen molar-refractivity contribution in [1.82, 2.24) is 5.32 Å². The summed E-state index contributed by atoms with van der Waals surface area (Å²) in [5.41, 5.74) is 6.51. The second kappa shape index (κ2) is 6.56. The zero-order chi connectivity index (χ0) is 14.4. The zero-order valence-corrected chi connectivity index (χ0v) is 11.7. The topological polar surface area (TPSA) is 64.4 Å². The molecular weight excluding hydrogens is 252 g/mol. The van der Waals surface area contributed by atoms with Crippen molar-refractivity contribution in [1.29, 1.82) is 0 Å². The van der Waals surface area contributed by atoms with E-state index in [2.05, 4.69) is 17.2 Å². The molecule has 0 aliphatic carbocycles. The molecule has 20 heavy (non-hydrogen) atoms. The summed E-state index contributed by atoms with van der Waals surface area (Å²) in [6.45, 7) is 3.65. The van der Waals surface area contributed by atoms with Crippen LogP contribution in [-0.2, 0) is 4.74 Å². The van der Waals surface area contributed by atoms with Crippen LogP contribution in [0.4, 0.5) is 0 Å². The number of carbonyl (C=O) groups excluding carboxylic acids is 1. The van der Waals surface area contributed by atoms with Gasteiger partial charge in [-0.15, -0.1) is 0 Å². The lowest BCUT2D eigenvalue weighted by Gasteiger charge is -2.23. The molecule has 0 aromatic heterocycles. The second-order valence-electron chi connectivity index (χ2n) is 5.17. The van der Waals surface area contributed by atoms with E-state index in [0.717, 1.165) is 25.0 Å². The van der Waals surface area contributed by atoms with Crippen LogP contribution >= 0.6 is 0 Å². The molecule has 1 amide bonds. The number of ether oxygens (including phenoxy) is 1. The summed E-state index contributed by atoms with van der Waals surface area (Å²) in [7, 11) is 0. The van der Waals surface area contributed by atoms with Crippen LogP contribution in [0, 0.1) is 11.8 Å².